The lowest BCUT2D eigenvalue weighted by Gasteiger charge is -2.09. The molecule has 0 bridgehead atoms. The molecular formula is C17H17N3O4S. The van der Waals surface area contributed by atoms with Gasteiger partial charge in [-0.2, -0.15) is 0 Å². The number of amides is 2. The molecule has 0 spiro atoms. The van der Waals surface area contributed by atoms with Gasteiger partial charge in [-0.25, -0.2) is 13.1 Å². The second kappa shape index (κ2) is 7.04. The number of sulfonamides is 1. The lowest BCUT2D eigenvalue weighted by Crippen LogP contribution is -2.34. The van der Waals surface area contributed by atoms with E-state index in [0.29, 0.717) is 16.8 Å². The predicted octanol–water partition coefficient (Wildman–Crippen LogP) is 0.889. The van der Waals surface area contributed by atoms with Crippen LogP contribution in [0.3, 0.4) is 0 Å². The van der Waals surface area contributed by atoms with Crippen LogP contribution in [-0.4, -0.2) is 33.3 Å². The van der Waals surface area contributed by atoms with Crippen LogP contribution in [-0.2, 0) is 21.2 Å². The second-order valence-electron chi connectivity index (χ2n) is 5.56. The molecule has 2 aromatic carbocycles. The molecule has 8 heteroatoms. The predicted molar refractivity (Wildman–Crippen MR) is 92.7 cm³/mol. The minimum atomic E-state index is -3.70. The number of benzene rings is 2. The first-order valence-corrected chi connectivity index (χ1v) is 9.20. The third-order valence-electron chi connectivity index (χ3n) is 3.75. The standard InChI is InChI=1S/C17H17N3O4S/c21-16-11-13-10-14(6-7-15(13)20-16)25(23,24)19-9-8-18-17(22)12-4-2-1-3-5-12/h1-7,10,19H,8-9,11H2,(H,18,22)(H,20,21). The van der Waals surface area contributed by atoms with Gasteiger partial charge in [-0.1, -0.05) is 18.2 Å². The zero-order valence-corrected chi connectivity index (χ0v) is 14.1. The van der Waals surface area contributed by atoms with Gasteiger partial charge in [0, 0.05) is 24.3 Å². The zero-order valence-electron chi connectivity index (χ0n) is 13.3. The number of nitrogens with one attached hydrogen (secondary N) is 3. The first kappa shape index (κ1) is 17.1. The molecule has 1 aliphatic rings. The van der Waals surface area contributed by atoms with Gasteiger partial charge in [0.05, 0.1) is 11.3 Å². The van der Waals surface area contributed by atoms with Gasteiger partial charge < -0.3 is 10.6 Å². The first-order chi connectivity index (χ1) is 12.0. The third-order valence-corrected chi connectivity index (χ3v) is 5.21. The zero-order chi connectivity index (χ0) is 17.9. The second-order valence-corrected chi connectivity index (χ2v) is 7.33. The largest absolute Gasteiger partial charge is 0.351 e. The van der Waals surface area contributed by atoms with Gasteiger partial charge in [0.15, 0.2) is 0 Å². The molecule has 1 heterocycles. The van der Waals surface area contributed by atoms with E-state index < -0.39 is 10.0 Å². The SMILES string of the molecule is O=C1Cc2cc(S(=O)(=O)NCCNC(=O)c3ccccc3)ccc2N1. The van der Waals surface area contributed by atoms with Gasteiger partial charge in [-0.3, -0.25) is 9.59 Å². The molecule has 0 atom stereocenters. The molecule has 25 heavy (non-hydrogen) atoms. The van der Waals surface area contributed by atoms with E-state index >= 15 is 0 Å². The molecule has 2 aromatic rings. The van der Waals surface area contributed by atoms with Crippen LogP contribution in [0.25, 0.3) is 0 Å². The van der Waals surface area contributed by atoms with E-state index in [0.717, 1.165) is 0 Å². The van der Waals surface area contributed by atoms with Crippen molar-refractivity contribution in [2.75, 3.05) is 18.4 Å². The first-order valence-electron chi connectivity index (χ1n) is 7.71. The molecule has 0 radical (unpaired) electrons. The number of rotatable bonds is 6. The Bertz CT molecular complexity index is 911. The van der Waals surface area contributed by atoms with E-state index in [1.807, 2.05) is 6.07 Å². The van der Waals surface area contributed by atoms with Crippen LogP contribution in [0, 0.1) is 0 Å². The Morgan fingerprint density at radius 3 is 2.60 bits per heavy atom. The average Bonchev–Trinajstić information content (AvgIpc) is 2.98. The summed E-state index contributed by atoms with van der Waals surface area (Å²) in [4.78, 5) is 23.3. The van der Waals surface area contributed by atoms with E-state index in [4.69, 9.17) is 0 Å². The fraction of sp³-hybridized carbons (Fsp3) is 0.176. The Morgan fingerprint density at radius 1 is 1.08 bits per heavy atom. The normalized spacial score (nSPS) is 13.2. The monoisotopic (exact) mass is 359 g/mol. The Hall–Kier alpha value is -2.71. The highest BCUT2D eigenvalue weighted by atomic mass is 32.2. The molecule has 3 rings (SSSR count). The van der Waals surface area contributed by atoms with Crippen LogP contribution in [0.1, 0.15) is 15.9 Å². The molecule has 0 fully saturated rings. The summed E-state index contributed by atoms with van der Waals surface area (Å²) in [5.41, 5.74) is 1.81. The number of anilines is 1. The van der Waals surface area contributed by atoms with Crippen molar-refractivity contribution < 1.29 is 18.0 Å². The fourth-order valence-electron chi connectivity index (χ4n) is 2.51. The molecular weight excluding hydrogens is 342 g/mol. The average molecular weight is 359 g/mol. The summed E-state index contributed by atoms with van der Waals surface area (Å²) in [6.07, 6.45) is 0.172. The Balaban J connectivity index is 1.55. The molecule has 0 saturated heterocycles. The van der Waals surface area contributed by atoms with Gasteiger partial charge in [0.1, 0.15) is 0 Å². The van der Waals surface area contributed by atoms with Crippen molar-refractivity contribution in [3.05, 3.63) is 59.7 Å². The summed E-state index contributed by atoms with van der Waals surface area (Å²) >= 11 is 0. The van der Waals surface area contributed by atoms with Crippen LogP contribution in [0.15, 0.2) is 53.4 Å². The molecule has 0 unspecified atom stereocenters. The fourth-order valence-corrected chi connectivity index (χ4v) is 3.59. The molecule has 0 aliphatic carbocycles. The van der Waals surface area contributed by atoms with Gasteiger partial charge in [0.25, 0.3) is 5.91 Å². The van der Waals surface area contributed by atoms with Crippen molar-refractivity contribution in [3.8, 4) is 0 Å². The van der Waals surface area contributed by atoms with Crippen molar-refractivity contribution in [2.24, 2.45) is 0 Å². The molecule has 0 aromatic heterocycles. The number of carbonyl (C=O) groups is 2. The minimum Gasteiger partial charge on any atom is -0.351 e. The molecule has 7 nitrogen and oxygen atoms in total. The van der Waals surface area contributed by atoms with Crippen molar-refractivity contribution in [1.29, 1.82) is 0 Å². The van der Waals surface area contributed by atoms with E-state index in [-0.39, 0.29) is 36.2 Å². The van der Waals surface area contributed by atoms with Crippen LogP contribution >= 0.6 is 0 Å². The highest BCUT2D eigenvalue weighted by Crippen LogP contribution is 2.25. The summed E-state index contributed by atoms with van der Waals surface area (Å²) < 4.78 is 27.0. The summed E-state index contributed by atoms with van der Waals surface area (Å²) in [6.45, 7) is 0.229. The van der Waals surface area contributed by atoms with Gasteiger partial charge >= 0.3 is 0 Å². The number of hydrogen-bond donors (Lipinski definition) is 3. The van der Waals surface area contributed by atoms with Gasteiger partial charge in [-0.05, 0) is 35.9 Å². The quantitative estimate of drug-likeness (QED) is 0.666. The summed E-state index contributed by atoms with van der Waals surface area (Å²) in [5.74, 6) is -0.414. The summed E-state index contributed by atoms with van der Waals surface area (Å²) in [6, 6.07) is 13.2. The van der Waals surface area contributed by atoms with Crippen molar-refractivity contribution >= 4 is 27.5 Å². The van der Waals surface area contributed by atoms with Crippen LogP contribution < -0.4 is 15.4 Å². The molecule has 3 N–H and O–H groups in total. The highest BCUT2D eigenvalue weighted by molar-refractivity contribution is 7.89. The maximum atomic E-state index is 12.3. The molecule has 2 amide bonds. The molecule has 130 valence electrons. The highest BCUT2D eigenvalue weighted by Gasteiger charge is 2.21. The van der Waals surface area contributed by atoms with Crippen LogP contribution in [0.5, 0.6) is 0 Å². The van der Waals surface area contributed by atoms with E-state index in [1.165, 1.54) is 12.1 Å². The third kappa shape index (κ3) is 4.04. The lowest BCUT2D eigenvalue weighted by molar-refractivity contribution is -0.115. The maximum Gasteiger partial charge on any atom is 0.251 e. The number of fused-ring (bicyclic) bond motifs is 1. The molecule has 0 saturated carbocycles. The Kier molecular flexibility index (Phi) is 4.82. The Labute approximate surface area is 145 Å². The Morgan fingerprint density at radius 2 is 1.84 bits per heavy atom. The topological polar surface area (TPSA) is 104 Å². The minimum absolute atomic E-state index is 0.0647. The van der Waals surface area contributed by atoms with Gasteiger partial charge in [-0.15, -0.1) is 0 Å². The van der Waals surface area contributed by atoms with Crippen molar-refractivity contribution in [2.45, 2.75) is 11.3 Å². The van der Waals surface area contributed by atoms with Crippen molar-refractivity contribution in [1.82, 2.24) is 10.0 Å². The molecule has 1 aliphatic heterocycles. The summed E-state index contributed by atoms with van der Waals surface area (Å²) in [5, 5.41) is 5.30. The van der Waals surface area contributed by atoms with Crippen LogP contribution in [0.4, 0.5) is 5.69 Å². The summed E-state index contributed by atoms with van der Waals surface area (Å²) in [7, 11) is -3.70. The smallest absolute Gasteiger partial charge is 0.251 e. The number of hydrogen-bond acceptors (Lipinski definition) is 4. The van der Waals surface area contributed by atoms with E-state index in [1.54, 1.807) is 30.3 Å². The van der Waals surface area contributed by atoms with E-state index in [2.05, 4.69) is 15.4 Å². The van der Waals surface area contributed by atoms with E-state index in [9.17, 15) is 18.0 Å². The van der Waals surface area contributed by atoms with Gasteiger partial charge in [0.2, 0.25) is 15.9 Å². The lowest BCUT2D eigenvalue weighted by atomic mass is 10.2. The maximum absolute atomic E-state index is 12.3. The van der Waals surface area contributed by atoms with Crippen molar-refractivity contribution in [3.63, 3.8) is 0 Å². The van der Waals surface area contributed by atoms with Crippen LogP contribution in [0.2, 0.25) is 0 Å². The number of carbonyl (C=O) groups excluding carboxylic acids is 2.